The van der Waals surface area contributed by atoms with Crippen LogP contribution in [0, 0.1) is 10.1 Å². The zero-order chi connectivity index (χ0) is 18.7. The summed E-state index contributed by atoms with van der Waals surface area (Å²) in [6.07, 6.45) is 1.23. The number of likely N-dealkylation sites (tertiary alicyclic amines) is 1. The smallest absolute Gasteiger partial charge is 0.269 e. The summed E-state index contributed by atoms with van der Waals surface area (Å²) in [6.45, 7) is 0.704. The molecule has 1 fully saturated rings. The van der Waals surface area contributed by atoms with Gasteiger partial charge >= 0.3 is 0 Å². The van der Waals surface area contributed by atoms with Crippen LogP contribution in [0.1, 0.15) is 23.2 Å². The molecule has 1 saturated heterocycles. The number of hydrogen-bond acceptors (Lipinski definition) is 4. The summed E-state index contributed by atoms with van der Waals surface area (Å²) >= 11 is 3.35. The Morgan fingerprint density at radius 3 is 2.54 bits per heavy atom. The number of nitro benzene ring substituents is 1. The number of rotatable bonds is 5. The normalized spacial score (nSPS) is 13.7. The molecule has 0 saturated carbocycles. The number of benzene rings is 2. The van der Waals surface area contributed by atoms with Gasteiger partial charge in [0.2, 0.25) is 5.91 Å². The Bertz CT molecular complexity index is 854. The maximum Gasteiger partial charge on any atom is 0.269 e. The predicted molar refractivity (Wildman–Crippen MR) is 99.9 cm³/mol. The average Bonchev–Trinajstić information content (AvgIpc) is 3.04. The second-order valence-corrected chi connectivity index (χ2v) is 6.83. The highest BCUT2D eigenvalue weighted by atomic mass is 79.9. The lowest BCUT2D eigenvalue weighted by atomic mass is 10.2. The number of halogens is 1. The van der Waals surface area contributed by atoms with Gasteiger partial charge in [0.05, 0.1) is 4.92 Å². The average molecular weight is 418 g/mol. The van der Waals surface area contributed by atoms with Crippen LogP contribution >= 0.6 is 15.9 Å². The van der Waals surface area contributed by atoms with Crippen molar-refractivity contribution in [1.29, 1.82) is 0 Å². The van der Waals surface area contributed by atoms with Crippen LogP contribution in [-0.4, -0.2) is 34.9 Å². The van der Waals surface area contributed by atoms with E-state index in [0.717, 1.165) is 10.9 Å². The van der Waals surface area contributed by atoms with E-state index in [2.05, 4.69) is 15.9 Å². The number of anilines is 1. The molecule has 0 aromatic heterocycles. The molecule has 2 aromatic carbocycles. The third kappa shape index (κ3) is 3.91. The van der Waals surface area contributed by atoms with E-state index in [4.69, 9.17) is 0 Å². The fourth-order valence-electron chi connectivity index (χ4n) is 2.82. The predicted octanol–water partition coefficient (Wildman–Crippen LogP) is 3.58. The molecule has 7 nitrogen and oxygen atoms in total. The summed E-state index contributed by atoms with van der Waals surface area (Å²) < 4.78 is 0.768. The fourth-order valence-corrected chi connectivity index (χ4v) is 3.22. The zero-order valence-corrected chi connectivity index (χ0v) is 15.4. The first kappa shape index (κ1) is 18.1. The van der Waals surface area contributed by atoms with E-state index >= 15 is 0 Å². The molecule has 26 heavy (non-hydrogen) atoms. The van der Waals surface area contributed by atoms with Gasteiger partial charge < -0.3 is 4.90 Å². The summed E-state index contributed by atoms with van der Waals surface area (Å²) in [4.78, 5) is 38.5. The van der Waals surface area contributed by atoms with Gasteiger partial charge in [-0.15, -0.1) is 0 Å². The fraction of sp³-hybridized carbons (Fsp3) is 0.222. The highest BCUT2D eigenvalue weighted by Gasteiger charge is 2.26. The molecule has 8 heteroatoms. The first-order valence-electron chi connectivity index (χ1n) is 8.05. The molecule has 1 aliphatic rings. The Hall–Kier alpha value is -2.74. The van der Waals surface area contributed by atoms with Crippen LogP contribution in [0.2, 0.25) is 0 Å². The lowest BCUT2D eigenvalue weighted by molar-refractivity contribution is -0.384. The van der Waals surface area contributed by atoms with E-state index in [9.17, 15) is 19.7 Å². The maximum absolute atomic E-state index is 13.0. The van der Waals surface area contributed by atoms with Gasteiger partial charge in [-0.1, -0.05) is 22.0 Å². The minimum absolute atomic E-state index is 0.000969. The van der Waals surface area contributed by atoms with Crippen LogP contribution in [0.25, 0.3) is 0 Å². The summed E-state index contributed by atoms with van der Waals surface area (Å²) in [6, 6.07) is 12.7. The van der Waals surface area contributed by atoms with Gasteiger partial charge in [-0.05, 0) is 36.8 Å². The quantitative estimate of drug-likeness (QED) is 0.549. The van der Waals surface area contributed by atoms with Crippen LogP contribution in [0.3, 0.4) is 0 Å². The topological polar surface area (TPSA) is 83.8 Å². The van der Waals surface area contributed by atoms with Crippen LogP contribution in [0.15, 0.2) is 53.0 Å². The van der Waals surface area contributed by atoms with Crippen molar-refractivity contribution in [2.45, 2.75) is 12.8 Å². The number of carbonyl (C=O) groups excluding carboxylic acids is 2. The van der Waals surface area contributed by atoms with E-state index in [0.29, 0.717) is 24.2 Å². The standard InChI is InChI=1S/C18H16BrN3O4/c19-14-4-1-3-13(11-14)18(24)21(12-20-10-2-5-17(20)23)15-6-8-16(9-7-15)22(25)26/h1,3-4,6-9,11H,2,5,10,12H2. The van der Waals surface area contributed by atoms with Crippen molar-refractivity contribution in [3.05, 3.63) is 68.7 Å². The molecule has 1 aliphatic heterocycles. The first-order valence-corrected chi connectivity index (χ1v) is 8.84. The van der Waals surface area contributed by atoms with E-state index in [1.165, 1.54) is 29.2 Å². The van der Waals surface area contributed by atoms with Gasteiger partial charge in [-0.3, -0.25) is 24.6 Å². The van der Waals surface area contributed by atoms with E-state index in [-0.39, 0.29) is 24.2 Å². The largest absolute Gasteiger partial charge is 0.324 e. The van der Waals surface area contributed by atoms with Crippen molar-refractivity contribution in [1.82, 2.24) is 4.90 Å². The minimum atomic E-state index is -0.492. The summed E-state index contributed by atoms with van der Waals surface area (Å²) in [5, 5.41) is 10.9. The molecule has 0 radical (unpaired) electrons. The van der Waals surface area contributed by atoms with Gasteiger partial charge in [0.1, 0.15) is 6.67 Å². The van der Waals surface area contributed by atoms with Crippen molar-refractivity contribution >= 4 is 39.1 Å². The molecule has 0 N–H and O–H groups in total. The number of non-ortho nitro benzene ring substituents is 1. The zero-order valence-electron chi connectivity index (χ0n) is 13.8. The molecule has 0 atom stereocenters. The number of nitrogens with zero attached hydrogens (tertiary/aromatic N) is 3. The number of nitro groups is 1. The van der Waals surface area contributed by atoms with Crippen LogP contribution < -0.4 is 4.90 Å². The molecular formula is C18H16BrN3O4. The molecular weight excluding hydrogens is 402 g/mol. The Labute approximate surface area is 158 Å². The maximum atomic E-state index is 13.0. The molecule has 0 spiro atoms. The number of hydrogen-bond donors (Lipinski definition) is 0. The van der Waals surface area contributed by atoms with Gasteiger partial charge in [0, 0.05) is 40.8 Å². The monoisotopic (exact) mass is 417 g/mol. The molecule has 0 aliphatic carbocycles. The minimum Gasteiger partial charge on any atom is -0.324 e. The molecule has 0 bridgehead atoms. The Morgan fingerprint density at radius 2 is 1.96 bits per heavy atom. The molecule has 1 heterocycles. The second-order valence-electron chi connectivity index (χ2n) is 5.92. The van der Waals surface area contributed by atoms with Crippen LogP contribution in [-0.2, 0) is 4.79 Å². The molecule has 3 rings (SSSR count). The van der Waals surface area contributed by atoms with Crippen molar-refractivity contribution in [2.75, 3.05) is 18.1 Å². The molecule has 2 aromatic rings. The van der Waals surface area contributed by atoms with Gasteiger partial charge in [-0.2, -0.15) is 0 Å². The van der Waals surface area contributed by atoms with Gasteiger partial charge in [-0.25, -0.2) is 0 Å². The molecule has 2 amide bonds. The Kier molecular flexibility index (Phi) is 5.32. The summed E-state index contributed by atoms with van der Waals surface area (Å²) in [7, 11) is 0. The van der Waals surface area contributed by atoms with E-state index in [1.807, 2.05) is 6.07 Å². The van der Waals surface area contributed by atoms with Gasteiger partial charge in [0.25, 0.3) is 11.6 Å². The Morgan fingerprint density at radius 1 is 1.23 bits per heavy atom. The second kappa shape index (κ2) is 7.65. The van der Waals surface area contributed by atoms with Crippen molar-refractivity contribution in [2.24, 2.45) is 0 Å². The summed E-state index contributed by atoms with van der Waals surface area (Å²) in [5.74, 6) is -0.279. The van der Waals surface area contributed by atoms with E-state index in [1.54, 1.807) is 23.1 Å². The number of amides is 2. The van der Waals surface area contributed by atoms with Crippen LogP contribution in [0.5, 0.6) is 0 Å². The first-order chi connectivity index (χ1) is 12.5. The third-order valence-electron chi connectivity index (χ3n) is 4.17. The van der Waals surface area contributed by atoms with Crippen molar-refractivity contribution in [3.8, 4) is 0 Å². The molecule has 134 valence electrons. The van der Waals surface area contributed by atoms with Crippen molar-refractivity contribution < 1.29 is 14.5 Å². The number of carbonyl (C=O) groups is 2. The highest BCUT2D eigenvalue weighted by Crippen LogP contribution is 2.24. The third-order valence-corrected chi connectivity index (χ3v) is 4.67. The Balaban J connectivity index is 1.94. The van der Waals surface area contributed by atoms with E-state index < -0.39 is 4.92 Å². The lowest BCUT2D eigenvalue weighted by Gasteiger charge is -2.28. The lowest BCUT2D eigenvalue weighted by Crippen LogP contribution is -2.42. The van der Waals surface area contributed by atoms with Crippen molar-refractivity contribution in [3.63, 3.8) is 0 Å². The van der Waals surface area contributed by atoms with Gasteiger partial charge in [0.15, 0.2) is 0 Å². The molecule has 0 unspecified atom stereocenters. The SMILES string of the molecule is O=C1CCCN1CN(C(=O)c1cccc(Br)c1)c1ccc([N+](=O)[O-])cc1. The highest BCUT2D eigenvalue weighted by molar-refractivity contribution is 9.10. The summed E-state index contributed by atoms with van der Waals surface area (Å²) in [5.41, 5.74) is 0.908. The van der Waals surface area contributed by atoms with Crippen LogP contribution in [0.4, 0.5) is 11.4 Å².